The number of thiocarbonyl (C=S) groups is 1. The number of benzene rings is 1. The van der Waals surface area contributed by atoms with E-state index in [2.05, 4.69) is 28.1 Å². The van der Waals surface area contributed by atoms with Crippen molar-refractivity contribution in [3.8, 4) is 0 Å². The minimum atomic E-state index is -0.430. The van der Waals surface area contributed by atoms with Crippen molar-refractivity contribution in [1.82, 2.24) is 16.2 Å². The quantitative estimate of drug-likeness (QED) is 0.390. The second-order valence-electron chi connectivity index (χ2n) is 3.21. The van der Waals surface area contributed by atoms with Gasteiger partial charge in [0.1, 0.15) is 0 Å². The molecule has 0 aliphatic rings. The molecule has 0 spiro atoms. The first-order chi connectivity index (χ1) is 8.61. The number of carbonyl (C=O) groups excluding carboxylic acids is 1. The number of nitrogens with one attached hydrogen (secondary N) is 4. The van der Waals surface area contributed by atoms with Crippen molar-refractivity contribution in [2.24, 2.45) is 0 Å². The number of carbonyl (C=O) groups is 1. The van der Waals surface area contributed by atoms with Gasteiger partial charge in [-0.25, -0.2) is 10.2 Å². The Labute approximate surface area is 116 Å². The van der Waals surface area contributed by atoms with E-state index in [0.717, 1.165) is 0 Å². The summed E-state index contributed by atoms with van der Waals surface area (Å²) >= 11 is 10.6. The third-order valence-electron chi connectivity index (χ3n) is 1.80. The molecule has 0 saturated heterocycles. The third kappa shape index (κ3) is 5.51. The molecule has 0 fully saturated rings. The predicted molar refractivity (Wildman–Crippen MR) is 77.5 cm³/mol. The maximum absolute atomic E-state index is 11.5. The van der Waals surface area contributed by atoms with E-state index in [9.17, 15) is 4.79 Å². The van der Waals surface area contributed by atoms with Crippen molar-refractivity contribution in [3.05, 3.63) is 41.9 Å². The van der Waals surface area contributed by atoms with Crippen LogP contribution in [-0.4, -0.2) is 17.7 Å². The standard InChI is InChI=1S/C11H13ClN4OS/c1-2-7-13-11(18)16-15-10(17)14-9-5-3-8(12)4-6-9/h2-6H,1,7H2,(H2,13,16,18)(H2,14,15,17). The van der Waals surface area contributed by atoms with Gasteiger partial charge in [-0.1, -0.05) is 17.7 Å². The molecular formula is C11H13ClN4OS. The minimum absolute atomic E-state index is 0.307. The highest BCUT2D eigenvalue weighted by atomic mass is 35.5. The molecule has 96 valence electrons. The second kappa shape index (κ2) is 7.52. The Kier molecular flexibility index (Phi) is 5.96. The number of rotatable bonds is 3. The Morgan fingerprint density at radius 2 is 2.00 bits per heavy atom. The number of hydrazine groups is 1. The molecule has 1 aromatic rings. The Balaban J connectivity index is 2.31. The first-order valence-corrected chi connectivity index (χ1v) is 5.87. The van der Waals surface area contributed by atoms with Gasteiger partial charge in [-0.15, -0.1) is 6.58 Å². The van der Waals surface area contributed by atoms with Crippen molar-refractivity contribution < 1.29 is 4.79 Å². The highest BCUT2D eigenvalue weighted by Crippen LogP contribution is 2.12. The monoisotopic (exact) mass is 284 g/mol. The molecule has 0 saturated carbocycles. The van der Waals surface area contributed by atoms with Crippen LogP contribution in [0.15, 0.2) is 36.9 Å². The molecule has 1 aromatic carbocycles. The van der Waals surface area contributed by atoms with Crippen molar-refractivity contribution in [1.29, 1.82) is 0 Å². The van der Waals surface area contributed by atoms with Gasteiger partial charge in [-0.3, -0.25) is 5.43 Å². The number of amides is 2. The molecular weight excluding hydrogens is 272 g/mol. The van der Waals surface area contributed by atoms with Gasteiger partial charge in [0.15, 0.2) is 5.11 Å². The predicted octanol–water partition coefficient (Wildman–Crippen LogP) is 2.03. The van der Waals surface area contributed by atoms with E-state index < -0.39 is 6.03 Å². The van der Waals surface area contributed by atoms with Gasteiger partial charge in [-0.2, -0.15) is 0 Å². The van der Waals surface area contributed by atoms with Crippen molar-refractivity contribution >= 4 is 40.6 Å². The summed E-state index contributed by atoms with van der Waals surface area (Å²) in [6, 6.07) is 6.31. The summed E-state index contributed by atoms with van der Waals surface area (Å²) in [6.07, 6.45) is 1.65. The van der Waals surface area contributed by atoms with Gasteiger partial charge in [0.05, 0.1) is 0 Å². The fourth-order valence-corrected chi connectivity index (χ4v) is 1.28. The second-order valence-corrected chi connectivity index (χ2v) is 4.05. The highest BCUT2D eigenvalue weighted by Gasteiger charge is 2.01. The van der Waals surface area contributed by atoms with E-state index in [0.29, 0.717) is 22.4 Å². The molecule has 7 heteroatoms. The van der Waals surface area contributed by atoms with E-state index in [4.69, 9.17) is 23.8 Å². The molecule has 18 heavy (non-hydrogen) atoms. The first kappa shape index (κ1) is 14.3. The van der Waals surface area contributed by atoms with Crippen molar-refractivity contribution in [3.63, 3.8) is 0 Å². The highest BCUT2D eigenvalue weighted by molar-refractivity contribution is 7.80. The lowest BCUT2D eigenvalue weighted by Gasteiger charge is -2.11. The lowest BCUT2D eigenvalue weighted by atomic mass is 10.3. The van der Waals surface area contributed by atoms with Crippen LogP contribution in [0.5, 0.6) is 0 Å². The maximum atomic E-state index is 11.5. The van der Waals surface area contributed by atoms with Crippen LogP contribution in [0.1, 0.15) is 0 Å². The summed E-state index contributed by atoms with van der Waals surface area (Å²) in [6.45, 7) is 4.05. The summed E-state index contributed by atoms with van der Waals surface area (Å²) in [7, 11) is 0. The van der Waals surface area contributed by atoms with Gasteiger partial charge in [-0.05, 0) is 36.5 Å². The van der Waals surface area contributed by atoms with Crippen LogP contribution in [0.3, 0.4) is 0 Å². The van der Waals surface area contributed by atoms with Crippen LogP contribution in [-0.2, 0) is 0 Å². The van der Waals surface area contributed by atoms with Gasteiger partial charge >= 0.3 is 6.03 Å². The first-order valence-electron chi connectivity index (χ1n) is 5.09. The lowest BCUT2D eigenvalue weighted by molar-refractivity contribution is 0.250. The smallest absolute Gasteiger partial charge is 0.337 e. The van der Waals surface area contributed by atoms with Crippen LogP contribution < -0.4 is 21.5 Å². The average molecular weight is 285 g/mol. The zero-order valence-corrected chi connectivity index (χ0v) is 11.1. The number of anilines is 1. The zero-order chi connectivity index (χ0) is 13.4. The molecule has 0 heterocycles. The van der Waals surface area contributed by atoms with Crippen LogP contribution in [0.25, 0.3) is 0 Å². The Hall–Kier alpha value is -1.79. The Morgan fingerprint density at radius 3 is 2.61 bits per heavy atom. The van der Waals surface area contributed by atoms with E-state index in [1.165, 1.54) is 0 Å². The van der Waals surface area contributed by atoms with Gasteiger partial charge < -0.3 is 10.6 Å². The summed E-state index contributed by atoms with van der Waals surface area (Å²) in [5, 5.41) is 6.32. The largest absolute Gasteiger partial charge is 0.358 e. The number of urea groups is 1. The molecule has 0 unspecified atom stereocenters. The van der Waals surface area contributed by atoms with Gasteiger partial charge in [0, 0.05) is 17.3 Å². The fraction of sp³-hybridized carbons (Fsp3) is 0.0909. The van der Waals surface area contributed by atoms with Crippen LogP contribution in [0.4, 0.5) is 10.5 Å². The van der Waals surface area contributed by atoms with Crippen LogP contribution >= 0.6 is 23.8 Å². The van der Waals surface area contributed by atoms with Crippen LogP contribution in [0.2, 0.25) is 5.02 Å². The number of halogens is 1. The Morgan fingerprint density at radius 1 is 1.33 bits per heavy atom. The molecule has 0 radical (unpaired) electrons. The van der Waals surface area contributed by atoms with E-state index in [1.807, 2.05) is 0 Å². The summed E-state index contributed by atoms with van der Waals surface area (Å²) in [5.41, 5.74) is 5.55. The van der Waals surface area contributed by atoms with E-state index in [1.54, 1.807) is 30.3 Å². The molecule has 5 nitrogen and oxygen atoms in total. The molecule has 0 aliphatic carbocycles. The maximum Gasteiger partial charge on any atom is 0.337 e. The summed E-state index contributed by atoms with van der Waals surface area (Å²) in [5.74, 6) is 0. The normalized spacial score (nSPS) is 9.17. The summed E-state index contributed by atoms with van der Waals surface area (Å²) < 4.78 is 0. The number of hydrogen-bond acceptors (Lipinski definition) is 2. The van der Waals surface area contributed by atoms with E-state index in [-0.39, 0.29) is 0 Å². The fourth-order valence-electron chi connectivity index (χ4n) is 1.02. The van der Waals surface area contributed by atoms with E-state index >= 15 is 0 Å². The Bertz CT molecular complexity index is 435. The SMILES string of the molecule is C=CCNC(=S)NNC(=O)Nc1ccc(Cl)cc1. The molecule has 1 rings (SSSR count). The minimum Gasteiger partial charge on any atom is -0.358 e. The van der Waals surface area contributed by atoms with Crippen LogP contribution in [0, 0.1) is 0 Å². The topological polar surface area (TPSA) is 65.2 Å². The molecule has 4 N–H and O–H groups in total. The molecule has 0 bridgehead atoms. The third-order valence-corrected chi connectivity index (χ3v) is 2.30. The molecule has 0 aliphatic heterocycles. The molecule has 2 amide bonds. The van der Waals surface area contributed by atoms with Gasteiger partial charge in [0.2, 0.25) is 0 Å². The van der Waals surface area contributed by atoms with Crippen molar-refractivity contribution in [2.45, 2.75) is 0 Å². The molecule has 0 atom stereocenters. The molecule has 0 aromatic heterocycles. The van der Waals surface area contributed by atoms with Crippen molar-refractivity contribution in [2.75, 3.05) is 11.9 Å². The average Bonchev–Trinajstić information content (AvgIpc) is 2.36. The zero-order valence-electron chi connectivity index (χ0n) is 9.50. The van der Waals surface area contributed by atoms with Gasteiger partial charge in [0.25, 0.3) is 0 Å². The summed E-state index contributed by atoms with van der Waals surface area (Å²) in [4.78, 5) is 11.5. The lowest BCUT2D eigenvalue weighted by Crippen LogP contribution is -2.48. The number of hydrogen-bond donors (Lipinski definition) is 4.